The molecule has 0 spiro atoms. The molecule has 110 valence electrons. The summed E-state index contributed by atoms with van der Waals surface area (Å²) in [6.45, 7) is 0.233. The second kappa shape index (κ2) is 6.15. The molecule has 0 aromatic heterocycles. The zero-order valence-electron chi connectivity index (χ0n) is 11.0. The Labute approximate surface area is 115 Å². The number of urea groups is 1. The molecule has 0 aliphatic heterocycles. The summed E-state index contributed by atoms with van der Waals surface area (Å²) in [6, 6.07) is 0.979. The number of hydrogen-bond donors (Lipinski definition) is 1. The zero-order chi connectivity index (χ0) is 14.7. The quantitative estimate of drug-likeness (QED) is 0.848. The zero-order valence-corrected chi connectivity index (χ0v) is 11.0. The Bertz CT molecular complexity index is 501. The average molecular weight is 286 g/mol. The van der Waals surface area contributed by atoms with Gasteiger partial charge in [0.05, 0.1) is 5.69 Å². The van der Waals surface area contributed by atoms with Crippen LogP contribution in [0.15, 0.2) is 12.1 Å². The SMILES string of the molecule is NC(=O)N(CC1CCCCC1)c1ccc(F)c(F)c1F. The van der Waals surface area contributed by atoms with Gasteiger partial charge in [-0.3, -0.25) is 4.90 Å². The number of anilines is 1. The van der Waals surface area contributed by atoms with E-state index < -0.39 is 23.5 Å². The number of halogens is 3. The number of hydrogen-bond acceptors (Lipinski definition) is 1. The fraction of sp³-hybridized carbons (Fsp3) is 0.500. The van der Waals surface area contributed by atoms with E-state index in [1.54, 1.807) is 0 Å². The van der Waals surface area contributed by atoms with Crippen LogP contribution in [0.3, 0.4) is 0 Å². The van der Waals surface area contributed by atoms with Crippen LogP contribution >= 0.6 is 0 Å². The fourth-order valence-corrected chi connectivity index (χ4v) is 2.66. The normalized spacial score (nSPS) is 16.1. The number of primary amides is 1. The van der Waals surface area contributed by atoms with Crippen LogP contribution in [0.5, 0.6) is 0 Å². The molecule has 0 atom stereocenters. The van der Waals surface area contributed by atoms with E-state index in [1.807, 2.05) is 0 Å². The molecule has 1 aliphatic rings. The molecule has 0 bridgehead atoms. The maximum absolute atomic E-state index is 13.8. The summed E-state index contributed by atoms with van der Waals surface area (Å²) < 4.78 is 40.0. The first kappa shape index (κ1) is 14.7. The molecule has 6 heteroatoms. The van der Waals surface area contributed by atoms with Crippen molar-refractivity contribution in [3.05, 3.63) is 29.6 Å². The third-order valence-corrected chi connectivity index (χ3v) is 3.74. The van der Waals surface area contributed by atoms with Gasteiger partial charge in [-0.05, 0) is 30.9 Å². The molecule has 3 nitrogen and oxygen atoms in total. The Kier molecular flexibility index (Phi) is 4.52. The molecule has 20 heavy (non-hydrogen) atoms. The molecule has 0 unspecified atom stereocenters. The molecule has 2 rings (SSSR count). The van der Waals surface area contributed by atoms with Crippen LogP contribution in [0.1, 0.15) is 32.1 Å². The summed E-state index contributed by atoms with van der Waals surface area (Å²) in [5, 5.41) is 0. The molecule has 0 heterocycles. The minimum absolute atomic E-state index is 0.212. The largest absolute Gasteiger partial charge is 0.351 e. The summed E-state index contributed by atoms with van der Waals surface area (Å²) in [5.41, 5.74) is 4.94. The van der Waals surface area contributed by atoms with Gasteiger partial charge in [-0.15, -0.1) is 0 Å². The van der Waals surface area contributed by atoms with Crippen molar-refractivity contribution in [2.45, 2.75) is 32.1 Å². The average Bonchev–Trinajstić information content (AvgIpc) is 2.44. The van der Waals surface area contributed by atoms with Crippen LogP contribution in [0.2, 0.25) is 0 Å². The van der Waals surface area contributed by atoms with Gasteiger partial charge in [0.2, 0.25) is 0 Å². The predicted molar refractivity (Wildman–Crippen MR) is 69.8 cm³/mol. The summed E-state index contributed by atoms with van der Waals surface area (Å²) in [4.78, 5) is 12.5. The van der Waals surface area contributed by atoms with E-state index in [2.05, 4.69) is 0 Å². The molecule has 1 saturated carbocycles. The van der Waals surface area contributed by atoms with Crippen LogP contribution in [-0.2, 0) is 0 Å². The van der Waals surface area contributed by atoms with Crippen molar-refractivity contribution in [1.29, 1.82) is 0 Å². The van der Waals surface area contributed by atoms with Crippen LogP contribution in [0, 0.1) is 23.4 Å². The second-order valence-electron chi connectivity index (χ2n) is 5.15. The van der Waals surface area contributed by atoms with E-state index in [1.165, 1.54) is 0 Å². The van der Waals surface area contributed by atoms with Gasteiger partial charge in [0.25, 0.3) is 0 Å². The van der Waals surface area contributed by atoms with Gasteiger partial charge in [0, 0.05) is 6.54 Å². The molecular weight excluding hydrogens is 269 g/mol. The van der Waals surface area contributed by atoms with Crippen molar-refractivity contribution in [2.24, 2.45) is 11.7 Å². The lowest BCUT2D eigenvalue weighted by Crippen LogP contribution is -2.40. The molecule has 1 fully saturated rings. The number of benzene rings is 1. The van der Waals surface area contributed by atoms with E-state index in [0.717, 1.165) is 49.1 Å². The van der Waals surface area contributed by atoms with Gasteiger partial charge < -0.3 is 5.73 Å². The van der Waals surface area contributed by atoms with E-state index in [-0.39, 0.29) is 18.2 Å². The van der Waals surface area contributed by atoms with E-state index >= 15 is 0 Å². The molecular formula is C14H17F3N2O. The van der Waals surface area contributed by atoms with Crippen molar-refractivity contribution < 1.29 is 18.0 Å². The third kappa shape index (κ3) is 3.05. The minimum atomic E-state index is -1.59. The molecule has 0 saturated heterocycles. The molecule has 2 N–H and O–H groups in total. The third-order valence-electron chi connectivity index (χ3n) is 3.74. The van der Waals surface area contributed by atoms with Crippen molar-refractivity contribution >= 4 is 11.7 Å². The van der Waals surface area contributed by atoms with Gasteiger partial charge in [-0.2, -0.15) is 0 Å². The maximum atomic E-state index is 13.8. The highest BCUT2D eigenvalue weighted by Crippen LogP contribution is 2.29. The predicted octanol–water partition coefficient (Wildman–Crippen LogP) is 3.57. The second-order valence-corrected chi connectivity index (χ2v) is 5.15. The number of nitrogens with two attached hydrogens (primary N) is 1. The Morgan fingerprint density at radius 1 is 1.15 bits per heavy atom. The van der Waals surface area contributed by atoms with Crippen LogP contribution in [0.25, 0.3) is 0 Å². The van der Waals surface area contributed by atoms with Crippen molar-refractivity contribution in [3.8, 4) is 0 Å². The highest BCUT2D eigenvalue weighted by atomic mass is 19.2. The summed E-state index contributed by atoms with van der Waals surface area (Å²) in [6.07, 6.45) is 5.10. The van der Waals surface area contributed by atoms with Gasteiger partial charge in [-0.1, -0.05) is 19.3 Å². The van der Waals surface area contributed by atoms with Crippen molar-refractivity contribution in [2.75, 3.05) is 11.4 Å². The number of rotatable bonds is 3. The first-order valence-corrected chi connectivity index (χ1v) is 6.71. The van der Waals surface area contributed by atoms with E-state index in [0.29, 0.717) is 0 Å². The first-order chi connectivity index (χ1) is 9.50. The van der Waals surface area contributed by atoms with Crippen LogP contribution < -0.4 is 10.6 Å². The number of nitrogens with zero attached hydrogens (tertiary/aromatic N) is 1. The van der Waals surface area contributed by atoms with Crippen LogP contribution in [0.4, 0.5) is 23.7 Å². The van der Waals surface area contributed by atoms with E-state index in [9.17, 15) is 18.0 Å². The minimum Gasteiger partial charge on any atom is -0.351 e. The summed E-state index contributed by atoms with van der Waals surface area (Å²) in [5.74, 6) is -4.03. The first-order valence-electron chi connectivity index (χ1n) is 6.71. The number of amides is 2. The van der Waals surface area contributed by atoms with Crippen LogP contribution in [-0.4, -0.2) is 12.6 Å². The van der Waals surface area contributed by atoms with Gasteiger partial charge in [0.1, 0.15) is 0 Å². The Morgan fingerprint density at radius 3 is 2.40 bits per heavy atom. The van der Waals surface area contributed by atoms with Gasteiger partial charge in [-0.25, -0.2) is 18.0 Å². The molecule has 0 radical (unpaired) electrons. The van der Waals surface area contributed by atoms with Gasteiger partial charge >= 0.3 is 6.03 Å². The lowest BCUT2D eigenvalue weighted by atomic mass is 9.89. The molecule has 1 aromatic rings. The Hall–Kier alpha value is -1.72. The van der Waals surface area contributed by atoms with Crippen molar-refractivity contribution in [1.82, 2.24) is 0 Å². The highest BCUT2D eigenvalue weighted by Gasteiger charge is 2.25. The smallest absolute Gasteiger partial charge is 0.319 e. The lowest BCUT2D eigenvalue weighted by molar-refractivity contribution is 0.250. The number of carbonyl (C=O) groups is 1. The topological polar surface area (TPSA) is 46.3 Å². The van der Waals surface area contributed by atoms with E-state index in [4.69, 9.17) is 5.73 Å². The lowest BCUT2D eigenvalue weighted by Gasteiger charge is -2.29. The fourth-order valence-electron chi connectivity index (χ4n) is 2.66. The Balaban J connectivity index is 2.24. The van der Waals surface area contributed by atoms with Gasteiger partial charge in [0.15, 0.2) is 17.5 Å². The molecule has 2 amide bonds. The van der Waals surface area contributed by atoms with Crippen molar-refractivity contribution in [3.63, 3.8) is 0 Å². The summed E-state index contributed by atoms with van der Waals surface area (Å²) in [7, 11) is 0. The maximum Gasteiger partial charge on any atom is 0.319 e. The Morgan fingerprint density at radius 2 is 1.80 bits per heavy atom. The molecule has 1 aliphatic carbocycles. The highest BCUT2D eigenvalue weighted by molar-refractivity contribution is 5.90. The monoisotopic (exact) mass is 286 g/mol. The standard InChI is InChI=1S/C14H17F3N2O/c15-10-6-7-11(13(17)12(10)16)19(14(18)20)8-9-4-2-1-3-5-9/h6-7,9H,1-5,8H2,(H2,18,20). The number of carbonyl (C=O) groups excluding carboxylic acids is 1. The molecule has 1 aromatic carbocycles. The summed E-state index contributed by atoms with van der Waals surface area (Å²) >= 11 is 0.